The molecule has 0 radical (unpaired) electrons. The lowest BCUT2D eigenvalue weighted by atomic mass is 10.2. The average Bonchev–Trinajstić information content (AvgIpc) is 2.62. The van der Waals surface area contributed by atoms with Crippen molar-refractivity contribution in [2.45, 2.75) is 38.1 Å². The number of sulfonamides is 1. The molecule has 8 heteroatoms. The van der Waals surface area contributed by atoms with Crippen LogP contribution in [0.2, 0.25) is 0 Å². The van der Waals surface area contributed by atoms with Crippen LogP contribution >= 0.6 is 0 Å². The Morgan fingerprint density at radius 1 is 1.07 bits per heavy atom. The lowest BCUT2D eigenvalue weighted by Gasteiger charge is -2.28. The molecule has 2 aromatic rings. The number of anilines is 1. The molecule has 0 N–H and O–H groups in total. The Morgan fingerprint density at radius 2 is 1.74 bits per heavy atom. The largest absolute Gasteiger partial charge is 0.331 e. The molecule has 0 amide bonds. The molecular formula is C19H23N3O4S. The van der Waals surface area contributed by atoms with E-state index in [0.717, 1.165) is 14.4 Å². The van der Waals surface area contributed by atoms with Crippen LogP contribution in [0.4, 0.5) is 5.69 Å². The molecule has 1 aromatic heterocycles. The minimum absolute atomic E-state index is 0.0591. The minimum atomic E-state index is -3.94. The number of hydrogen-bond acceptors (Lipinski definition) is 4. The highest BCUT2D eigenvalue weighted by Gasteiger charge is 2.31. The van der Waals surface area contributed by atoms with E-state index >= 15 is 0 Å². The van der Waals surface area contributed by atoms with Crippen molar-refractivity contribution < 1.29 is 8.42 Å². The quantitative estimate of drug-likeness (QED) is 0.747. The lowest BCUT2D eigenvalue weighted by molar-refractivity contribution is 0.581. The van der Waals surface area contributed by atoms with Crippen molar-refractivity contribution in [1.29, 1.82) is 0 Å². The van der Waals surface area contributed by atoms with Gasteiger partial charge in [0.25, 0.3) is 15.6 Å². The standard InChI is InChI=1S/C19H23N3O4S/c1-4-21-16-8-6-5-7-13-22(17(16)18(23)20(3)19(21)24)27(25,26)15-11-9-14(2)10-12-15/h5-6,9-12H,4,7-8,13H2,1-3H3/b6-5-. The summed E-state index contributed by atoms with van der Waals surface area (Å²) in [6.07, 6.45) is 4.57. The Labute approximate surface area is 158 Å². The van der Waals surface area contributed by atoms with Gasteiger partial charge in [-0.15, -0.1) is 0 Å². The van der Waals surface area contributed by atoms with Gasteiger partial charge >= 0.3 is 5.69 Å². The summed E-state index contributed by atoms with van der Waals surface area (Å²) in [7, 11) is -2.56. The van der Waals surface area contributed by atoms with E-state index in [1.54, 1.807) is 31.2 Å². The Balaban J connectivity index is 2.32. The van der Waals surface area contributed by atoms with Gasteiger partial charge < -0.3 is 0 Å². The molecule has 1 aromatic carbocycles. The van der Waals surface area contributed by atoms with Crippen molar-refractivity contribution in [1.82, 2.24) is 9.13 Å². The van der Waals surface area contributed by atoms with Crippen molar-refractivity contribution in [2.24, 2.45) is 7.05 Å². The summed E-state index contributed by atoms with van der Waals surface area (Å²) < 4.78 is 30.3. The predicted octanol–water partition coefficient (Wildman–Crippen LogP) is 1.57. The van der Waals surface area contributed by atoms with E-state index in [1.165, 1.54) is 11.6 Å². The zero-order valence-electron chi connectivity index (χ0n) is 15.7. The molecule has 1 aliphatic rings. The topological polar surface area (TPSA) is 81.4 Å². The molecule has 144 valence electrons. The van der Waals surface area contributed by atoms with Crippen LogP contribution in [-0.4, -0.2) is 24.1 Å². The Morgan fingerprint density at radius 3 is 2.37 bits per heavy atom. The van der Waals surface area contributed by atoms with Crippen molar-refractivity contribution in [3.63, 3.8) is 0 Å². The van der Waals surface area contributed by atoms with Gasteiger partial charge in [-0.25, -0.2) is 13.2 Å². The first-order valence-electron chi connectivity index (χ1n) is 8.86. The number of fused-ring (bicyclic) bond motifs is 1. The highest BCUT2D eigenvalue weighted by atomic mass is 32.2. The van der Waals surface area contributed by atoms with Gasteiger partial charge in [-0.1, -0.05) is 29.8 Å². The monoisotopic (exact) mass is 389 g/mol. The summed E-state index contributed by atoms with van der Waals surface area (Å²) in [5, 5.41) is 0. The lowest BCUT2D eigenvalue weighted by Crippen LogP contribution is -2.46. The molecular weight excluding hydrogens is 366 g/mol. The fraction of sp³-hybridized carbons (Fsp3) is 0.368. The summed E-state index contributed by atoms with van der Waals surface area (Å²) in [4.78, 5) is 25.5. The van der Waals surface area contributed by atoms with Crippen LogP contribution in [0.3, 0.4) is 0 Å². The number of rotatable bonds is 3. The van der Waals surface area contributed by atoms with Crippen LogP contribution in [0.15, 0.2) is 50.9 Å². The fourth-order valence-corrected chi connectivity index (χ4v) is 4.78. The zero-order valence-corrected chi connectivity index (χ0v) is 16.5. The maximum atomic E-state index is 13.3. The molecule has 0 saturated carbocycles. The molecule has 0 unspecified atom stereocenters. The number of hydrogen-bond donors (Lipinski definition) is 0. The van der Waals surface area contributed by atoms with Crippen LogP contribution in [0.25, 0.3) is 0 Å². The van der Waals surface area contributed by atoms with Gasteiger partial charge in [0.15, 0.2) is 0 Å². The van der Waals surface area contributed by atoms with E-state index < -0.39 is 21.3 Å². The summed E-state index contributed by atoms with van der Waals surface area (Å²) in [6.45, 7) is 4.16. The second kappa shape index (κ2) is 7.19. The fourth-order valence-electron chi connectivity index (χ4n) is 3.27. The molecule has 0 atom stereocenters. The Hall–Kier alpha value is -2.61. The number of aromatic nitrogens is 2. The normalized spacial score (nSPS) is 15.7. The number of aryl methyl sites for hydroxylation is 1. The van der Waals surface area contributed by atoms with E-state index in [0.29, 0.717) is 25.1 Å². The van der Waals surface area contributed by atoms with Crippen LogP contribution in [0.5, 0.6) is 0 Å². The first kappa shape index (κ1) is 19.2. The van der Waals surface area contributed by atoms with Crippen LogP contribution in [0.1, 0.15) is 24.6 Å². The molecule has 0 aliphatic carbocycles. The van der Waals surface area contributed by atoms with Crippen molar-refractivity contribution >= 4 is 15.7 Å². The van der Waals surface area contributed by atoms with E-state index in [2.05, 4.69) is 0 Å². The zero-order chi connectivity index (χ0) is 19.8. The molecule has 2 heterocycles. The minimum Gasteiger partial charge on any atom is -0.295 e. The molecule has 0 fully saturated rings. The van der Waals surface area contributed by atoms with Gasteiger partial charge in [-0.2, -0.15) is 0 Å². The Bertz CT molecular complexity index is 1110. The van der Waals surface area contributed by atoms with E-state index in [-0.39, 0.29) is 17.1 Å². The molecule has 0 spiro atoms. The average molecular weight is 389 g/mol. The first-order valence-corrected chi connectivity index (χ1v) is 10.3. The third kappa shape index (κ3) is 3.25. The van der Waals surface area contributed by atoms with Crippen molar-refractivity contribution in [2.75, 3.05) is 10.8 Å². The second-order valence-electron chi connectivity index (χ2n) is 6.54. The maximum absolute atomic E-state index is 13.3. The van der Waals surface area contributed by atoms with E-state index in [9.17, 15) is 18.0 Å². The number of nitrogens with zero attached hydrogens (tertiary/aromatic N) is 3. The summed E-state index contributed by atoms with van der Waals surface area (Å²) >= 11 is 0. The van der Waals surface area contributed by atoms with Gasteiger partial charge in [0.1, 0.15) is 5.69 Å². The summed E-state index contributed by atoms with van der Waals surface area (Å²) in [5.74, 6) is 0. The molecule has 7 nitrogen and oxygen atoms in total. The van der Waals surface area contributed by atoms with E-state index in [1.807, 2.05) is 19.1 Å². The third-order valence-corrected chi connectivity index (χ3v) is 6.59. The molecule has 1 aliphatic heterocycles. The second-order valence-corrected chi connectivity index (χ2v) is 8.40. The molecule has 0 saturated heterocycles. The highest BCUT2D eigenvalue weighted by Crippen LogP contribution is 2.26. The maximum Gasteiger partial charge on any atom is 0.331 e. The third-order valence-electron chi connectivity index (χ3n) is 4.78. The van der Waals surface area contributed by atoms with Crippen molar-refractivity contribution in [3.05, 3.63) is 68.5 Å². The number of benzene rings is 1. The highest BCUT2D eigenvalue weighted by molar-refractivity contribution is 7.92. The van der Waals surface area contributed by atoms with Gasteiger partial charge in [-0.3, -0.25) is 18.2 Å². The van der Waals surface area contributed by atoms with Crippen molar-refractivity contribution in [3.8, 4) is 0 Å². The van der Waals surface area contributed by atoms with E-state index in [4.69, 9.17) is 0 Å². The Kier molecular flexibility index (Phi) is 5.10. The van der Waals surface area contributed by atoms with Gasteiger partial charge in [0.05, 0.1) is 10.6 Å². The van der Waals surface area contributed by atoms with Gasteiger partial charge in [0, 0.05) is 26.6 Å². The van der Waals surface area contributed by atoms with Gasteiger partial charge in [-0.05, 0) is 32.4 Å². The summed E-state index contributed by atoms with van der Waals surface area (Å²) in [5.41, 5.74) is 0.399. The number of allylic oxidation sites excluding steroid dienone is 1. The SMILES string of the molecule is CCn1c2c(c(=O)n(C)c1=O)N(S(=O)(=O)c1ccc(C)cc1)CC/C=C\C2. The van der Waals surface area contributed by atoms with Gasteiger partial charge in [0.2, 0.25) is 0 Å². The van der Waals surface area contributed by atoms with Crippen LogP contribution < -0.4 is 15.6 Å². The molecule has 3 rings (SSSR count). The molecule has 27 heavy (non-hydrogen) atoms. The first-order chi connectivity index (χ1) is 12.8. The van der Waals surface area contributed by atoms with Crippen LogP contribution in [0, 0.1) is 6.92 Å². The summed E-state index contributed by atoms with van der Waals surface area (Å²) in [6, 6.07) is 6.53. The molecule has 0 bridgehead atoms. The predicted molar refractivity (Wildman–Crippen MR) is 105 cm³/mol. The van der Waals surface area contributed by atoms with Crippen LogP contribution in [-0.2, 0) is 30.0 Å². The smallest absolute Gasteiger partial charge is 0.295 e.